The van der Waals surface area contributed by atoms with Crippen molar-refractivity contribution in [1.29, 1.82) is 0 Å². The summed E-state index contributed by atoms with van der Waals surface area (Å²) >= 11 is 0. The summed E-state index contributed by atoms with van der Waals surface area (Å²) in [6, 6.07) is 6.36. The van der Waals surface area contributed by atoms with E-state index in [2.05, 4.69) is 4.57 Å². The number of halogens is 3. The molecule has 1 aromatic rings. The minimum atomic E-state index is -4.21. The SMILES string of the molecule is FC(F)(F)c1ccccc1.O[B]O[B]O. The lowest BCUT2D eigenvalue weighted by Gasteiger charge is -2.03. The molecule has 15 heavy (non-hydrogen) atoms. The van der Waals surface area contributed by atoms with Gasteiger partial charge in [0.05, 0.1) is 5.56 Å². The van der Waals surface area contributed by atoms with Crippen LogP contribution < -0.4 is 0 Å². The van der Waals surface area contributed by atoms with Crippen molar-refractivity contribution in [2.24, 2.45) is 0 Å². The van der Waals surface area contributed by atoms with E-state index in [1.807, 2.05) is 0 Å². The van der Waals surface area contributed by atoms with Crippen LogP contribution in [0.5, 0.6) is 0 Å². The molecule has 2 radical (unpaired) electrons. The van der Waals surface area contributed by atoms with Crippen molar-refractivity contribution in [2.45, 2.75) is 6.18 Å². The van der Waals surface area contributed by atoms with Gasteiger partial charge in [0.1, 0.15) is 0 Å². The average Bonchev–Trinajstić information content (AvgIpc) is 2.20. The highest BCUT2D eigenvalue weighted by atomic mass is 19.4. The molecule has 80 valence electrons. The number of benzene rings is 1. The molecule has 0 aliphatic heterocycles. The summed E-state index contributed by atoms with van der Waals surface area (Å²) in [5.74, 6) is 0. The van der Waals surface area contributed by atoms with Crippen molar-refractivity contribution in [1.82, 2.24) is 0 Å². The van der Waals surface area contributed by atoms with Gasteiger partial charge in [-0.15, -0.1) is 0 Å². The Morgan fingerprint density at radius 2 is 1.47 bits per heavy atom. The molecular weight excluding hydrogens is 211 g/mol. The van der Waals surface area contributed by atoms with Gasteiger partial charge >= 0.3 is 21.5 Å². The largest absolute Gasteiger partial charge is 0.469 e. The molecule has 0 saturated carbocycles. The summed E-state index contributed by atoms with van der Waals surface area (Å²) < 4.78 is 39.1. The Balaban J connectivity index is 0.000000336. The first-order valence-corrected chi connectivity index (χ1v) is 3.72. The standard InChI is InChI=1S/C7H5F3.B2H2O3/c8-7(9,10)6-4-2-1-3-5-6;3-1-5-2-4/h1-5H;3-4H. The summed E-state index contributed by atoms with van der Waals surface area (Å²) in [5, 5.41) is 15.1. The van der Waals surface area contributed by atoms with Gasteiger partial charge in [-0.2, -0.15) is 13.2 Å². The Labute approximate surface area is 86.1 Å². The maximum absolute atomic E-state index is 11.8. The van der Waals surface area contributed by atoms with Gasteiger partial charge in [-0.1, -0.05) is 30.3 Å². The molecule has 0 aliphatic rings. The van der Waals surface area contributed by atoms with Gasteiger partial charge in [-0.05, 0) is 0 Å². The van der Waals surface area contributed by atoms with Crippen molar-refractivity contribution in [3.8, 4) is 0 Å². The molecule has 0 saturated heterocycles. The van der Waals surface area contributed by atoms with Crippen molar-refractivity contribution in [2.75, 3.05) is 0 Å². The Bertz CT molecular complexity index is 253. The Morgan fingerprint density at radius 1 is 1.00 bits per heavy atom. The average molecular weight is 218 g/mol. The van der Waals surface area contributed by atoms with E-state index in [0.29, 0.717) is 15.4 Å². The summed E-state index contributed by atoms with van der Waals surface area (Å²) in [4.78, 5) is 0. The molecule has 0 aromatic heterocycles. The second kappa shape index (κ2) is 7.33. The molecule has 0 heterocycles. The van der Waals surface area contributed by atoms with E-state index in [0.717, 1.165) is 12.1 Å². The van der Waals surface area contributed by atoms with Crippen LogP contribution in [-0.4, -0.2) is 25.4 Å². The molecule has 0 bridgehead atoms. The van der Waals surface area contributed by atoms with E-state index < -0.39 is 11.7 Å². The lowest BCUT2D eigenvalue weighted by molar-refractivity contribution is -0.137. The topological polar surface area (TPSA) is 49.7 Å². The Kier molecular flexibility index (Phi) is 6.85. The van der Waals surface area contributed by atoms with Gasteiger partial charge in [-0.25, -0.2) is 0 Å². The van der Waals surface area contributed by atoms with Crippen LogP contribution in [0.2, 0.25) is 0 Å². The maximum Gasteiger partial charge on any atom is 0.469 e. The third-order valence-electron chi connectivity index (χ3n) is 1.22. The number of hydrogen-bond acceptors (Lipinski definition) is 3. The van der Waals surface area contributed by atoms with E-state index in [1.54, 1.807) is 6.07 Å². The van der Waals surface area contributed by atoms with Gasteiger partial charge < -0.3 is 14.6 Å². The zero-order chi connectivity index (χ0) is 11.7. The highest BCUT2D eigenvalue weighted by Gasteiger charge is 2.29. The normalized spacial score (nSPS) is 9.93. The van der Waals surface area contributed by atoms with Crippen LogP contribution in [0.3, 0.4) is 0 Å². The Hall–Kier alpha value is -0.980. The first-order chi connectivity index (χ1) is 7.02. The molecule has 1 rings (SSSR count). The smallest absolute Gasteiger partial charge is 0.456 e. The fourth-order valence-electron chi connectivity index (χ4n) is 0.654. The van der Waals surface area contributed by atoms with E-state index in [-0.39, 0.29) is 0 Å². The molecular formula is C7H7B2F3O3. The zero-order valence-corrected chi connectivity index (χ0v) is 7.48. The van der Waals surface area contributed by atoms with Gasteiger partial charge in [0.15, 0.2) is 0 Å². The fraction of sp³-hybridized carbons (Fsp3) is 0.143. The van der Waals surface area contributed by atoms with Crippen molar-refractivity contribution in [3.05, 3.63) is 35.9 Å². The quantitative estimate of drug-likeness (QED) is 0.720. The molecule has 0 fully saturated rings. The van der Waals surface area contributed by atoms with Crippen molar-refractivity contribution in [3.63, 3.8) is 0 Å². The number of rotatable bonds is 2. The summed E-state index contributed by atoms with van der Waals surface area (Å²) in [7, 11) is 0.750. The van der Waals surface area contributed by atoms with E-state index in [4.69, 9.17) is 10.0 Å². The lowest BCUT2D eigenvalue weighted by Crippen LogP contribution is -2.03. The second-order valence-corrected chi connectivity index (χ2v) is 2.21. The first-order valence-electron chi connectivity index (χ1n) is 3.72. The van der Waals surface area contributed by atoms with Gasteiger partial charge in [-0.3, -0.25) is 0 Å². The highest BCUT2D eigenvalue weighted by Crippen LogP contribution is 2.28. The third-order valence-corrected chi connectivity index (χ3v) is 1.22. The number of alkyl halides is 3. The second-order valence-electron chi connectivity index (χ2n) is 2.21. The molecule has 0 aliphatic carbocycles. The van der Waals surface area contributed by atoms with Crippen molar-refractivity contribution < 1.29 is 27.8 Å². The van der Waals surface area contributed by atoms with E-state index in [9.17, 15) is 13.2 Å². The molecule has 1 aromatic carbocycles. The van der Waals surface area contributed by atoms with E-state index >= 15 is 0 Å². The number of hydrogen-bond donors (Lipinski definition) is 2. The lowest BCUT2D eigenvalue weighted by atomic mass is 10.2. The summed E-state index contributed by atoms with van der Waals surface area (Å²) in [5.41, 5.74) is -0.602. The molecule has 0 unspecified atom stereocenters. The Morgan fingerprint density at radius 3 is 1.67 bits per heavy atom. The molecule has 0 atom stereocenters. The fourth-order valence-corrected chi connectivity index (χ4v) is 0.654. The minimum Gasteiger partial charge on any atom is -0.456 e. The monoisotopic (exact) mass is 218 g/mol. The minimum absolute atomic E-state index is 0.375. The van der Waals surface area contributed by atoms with Gasteiger partial charge in [0.2, 0.25) is 0 Å². The molecule has 0 amide bonds. The van der Waals surface area contributed by atoms with Crippen LogP contribution in [0.1, 0.15) is 5.56 Å². The van der Waals surface area contributed by atoms with Gasteiger partial charge in [0.25, 0.3) is 0 Å². The first kappa shape index (κ1) is 14.0. The van der Waals surface area contributed by atoms with Crippen molar-refractivity contribution >= 4 is 15.4 Å². The molecule has 0 spiro atoms. The highest BCUT2D eigenvalue weighted by molar-refractivity contribution is 6.32. The van der Waals surface area contributed by atoms with Gasteiger partial charge in [0, 0.05) is 0 Å². The predicted molar refractivity (Wildman–Crippen MR) is 48.5 cm³/mol. The van der Waals surface area contributed by atoms with Crippen LogP contribution in [0.4, 0.5) is 13.2 Å². The van der Waals surface area contributed by atoms with Crippen LogP contribution in [0, 0.1) is 0 Å². The van der Waals surface area contributed by atoms with E-state index in [1.165, 1.54) is 12.1 Å². The molecule has 2 N–H and O–H groups in total. The molecule has 8 heteroatoms. The zero-order valence-electron chi connectivity index (χ0n) is 7.48. The summed E-state index contributed by atoms with van der Waals surface area (Å²) in [6.07, 6.45) is -4.21. The summed E-state index contributed by atoms with van der Waals surface area (Å²) in [6.45, 7) is 0. The molecule has 3 nitrogen and oxygen atoms in total. The van der Waals surface area contributed by atoms with Crippen LogP contribution >= 0.6 is 0 Å². The predicted octanol–water partition coefficient (Wildman–Crippen LogP) is 0.761. The maximum atomic E-state index is 11.8. The van der Waals surface area contributed by atoms with Crippen LogP contribution in [0.25, 0.3) is 0 Å². The van der Waals surface area contributed by atoms with Crippen LogP contribution in [0.15, 0.2) is 30.3 Å². The van der Waals surface area contributed by atoms with Crippen LogP contribution in [-0.2, 0) is 10.7 Å². The third kappa shape index (κ3) is 7.01.